The normalized spacial score (nSPS) is 15.1. The van der Waals surface area contributed by atoms with Crippen LogP contribution in [0.15, 0.2) is 43.0 Å². The second-order valence-electron chi connectivity index (χ2n) is 5.86. The first-order valence-electron chi connectivity index (χ1n) is 8.09. The van der Waals surface area contributed by atoms with Gasteiger partial charge in [0.1, 0.15) is 0 Å². The lowest BCUT2D eigenvalue weighted by Gasteiger charge is -2.30. The Kier molecular flexibility index (Phi) is 6.06. The molecule has 1 atom stereocenters. The molecule has 1 unspecified atom stereocenters. The summed E-state index contributed by atoms with van der Waals surface area (Å²) < 4.78 is 0. The average molecular weight is 284 g/mol. The van der Waals surface area contributed by atoms with Crippen molar-refractivity contribution in [3.05, 3.63) is 48.6 Å². The molecule has 1 aromatic rings. The monoisotopic (exact) mass is 284 g/mol. The van der Waals surface area contributed by atoms with Gasteiger partial charge >= 0.3 is 0 Å². The molecule has 0 bridgehead atoms. The van der Waals surface area contributed by atoms with Gasteiger partial charge in [-0.15, -0.1) is 6.58 Å². The molecule has 21 heavy (non-hydrogen) atoms. The van der Waals surface area contributed by atoms with Crippen LogP contribution in [-0.4, -0.2) is 31.1 Å². The molecule has 114 valence electrons. The lowest BCUT2D eigenvalue weighted by Crippen LogP contribution is -2.33. The van der Waals surface area contributed by atoms with Crippen molar-refractivity contribution in [2.75, 3.05) is 25.5 Å². The highest BCUT2D eigenvalue weighted by atomic mass is 15.1. The van der Waals surface area contributed by atoms with Crippen molar-refractivity contribution in [3.63, 3.8) is 0 Å². The van der Waals surface area contributed by atoms with E-state index in [9.17, 15) is 0 Å². The molecule has 0 aliphatic carbocycles. The van der Waals surface area contributed by atoms with E-state index in [0.717, 1.165) is 25.9 Å². The van der Waals surface area contributed by atoms with E-state index < -0.39 is 0 Å². The Balaban J connectivity index is 2.09. The topological polar surface area (TPSA) is 15.3 Å². The summed E-state index contributed by atoms with van der Waals surface area (Å²) in [6.07, 6.45) is 9.05. The fraction of sp³-hybridized carbons (Fsp3) is 0.474. The van der Waals surface area contributed by atoms with Crippen LogP contribution in [0.2, 0.25) is 0 Å². The Bertz CT molecular complexity index is 490. The van der Waals surface area contributed by atoms with Crippen molar-refractivity contribution >= 4 is 11.3 Å². The number of hydrogen-bond acceptors (Lipinski definition) is 2. The average Bonchev–Trinajstić information content (AvgIpc) is 2.52. The first-order valence-corrected chi connectivity index (χ1v) is 8.09. The first-order chi connectivity index (χ1) is 10.3. The number of benzene rings is 1. The zero-order chi connectivity index (χ0) is 15.1. The summed E-state index contributed by atoms with van der Waals surface area (Å²) in [5, 5.41) is 3.46. The molecule has 1 aliphatic heterocycles. The molecule has 0 spiro atoms. The highest BCUT2D eigenvalue weighted by molar-refractivity contribution is 5.79. The van der Waals surface area contributed by atoms with E-state index in [4.69, 9.17) is 0 Å². The SMILES string of the molecule is C=CCCN(C)C(CCC)CC1=CCNc2ccccc21. The van der Waals surface area contributed by atoms with E-state index in [0.29, 0.717) is 6.04 Å². The van der Waals surface area contributed by atoms with Gasteiger partial charge in [0, 0.05) is 30.4 Å². The quantitative estimate of drug-likeness (QED) is 0.704. The van der Waals surface area contributed by atoms with Gasteiger partial charge in [0.25, 0.3) is 0 Å². The third kappa shape index (κ3) is 4.21. The fourth-order valence-electron chi connectivity index (χ4n) is 3.05. The highest BCUT2D eigenvalue weighted by Gasteiger charge is 2.19. The number of anilines is 1. The summed E-state index contributed by atoms with van der Waals surface area (Å²) in [6.45, 7) is 8.16. The molecule has 2 rings (SSSR count). The van der Waals surface area contributed by atoms with Crippen molar-refractivity contribution in [2.45, 2.75) is 38.6 Å². The molecule has 0 saturated carbocycles. The van der Waals surface area contributed by atoms with E-state index >= 15 is 0 Å². The van der Waals surface area contributed by atoms with Crippen molar-refractivity contribution < 1.29 is 0 Å². The predicted octanol–water partition coefficient (Wildman–Crippen LogP) is 4.56. The standard InChI is InChI=1S/C19H28N2/c1-4-6-14-21(3)17(9-5-2)15-16-12-13-20-19-11-8-7-10-18(16)19/h4,7-8,10-12,17,20H,1,5-6,9,13-15H2,2-3H3. The number of nitrogens with zero attached hydrogens (tertiary/aromatic N) is 1. The molecular weight excluding hydrogens is 256 g/mol. The third-order valence-corrected chi connectivity index (χ3v) is 4.30. The second kappa shape index (κ2) is 8.04. The number of hydrogen-bond donors (Lipinski definition) is 1. The molecule has 0 amide bonds. The van der Waals surface area contributed by atoms with Crippen LogP contribution in [0.4, 0.5) is 5.69 Å². The van der Waals surface area contributed by atoms with Gasteiger partial charge in [-0.1, -0.05) is 43.7 Å². The van der Waals surface area contributed by atoms with E-state index in [1.165, 1.54) is 29.7 Å². The van der Waals surface area contributed by atoms with Crippen LogP contribution < -0.4 is 5.32 Å². The highest BCUT2D eigenvalue weighted by Crippen LogP contribution is 2.31. The lowest BCUT2D eigenvalue weighted by atomic mass is 9.92. The minimum absolute atomic E-state index is 0.618. The zero-order valence-corrected chi connectivity index (χ0v) is 13.4. The minimum atomic E-state index is 0.618. The molecule has 2 nitrogen and oxygen atoms in total. The minimum Gasteiger partial charge on any atom is -0.381 e. The van der Waals surface area contributed by atoms with E-state index in [-0.39, 0.29) is 0 Å². The number of para-hydroxylation sites is 1. The Labute approximate surface area is 129 Å². The largest absolute Gasteiger partial charge is 0.381 e. The van der Waals surface area contributed by atoms with Crippen molar-refractivity contribution in [3.8, 4) is 0 Å². The van der Waals surface area contributed by atoms with Gasteiger partial charge in [0.2, 0.25) is 0 Å². The van der Waals surface area contributed by atoms with Crippen LogP contribution in [0, 0.1) is 0 Å². The fourth-order valence-corrected chi connectivity index (χ4v) is 3.05. The van der Waals surface area contributed by atoms with Gasteiger partial charge in [-0.25, -0.2) is 0 Å². The number of rotatable bonds is 8. The molecule has 1 N–H and O–H groups in total. The molecule has 0 saturated heterocycles. The van der Waals surface area contributed by atoms with Crippen LogP contribution in [0.1, 0.15) is 38.2 Å². The Morgan fingerprint density at radius 2 is 2.19 bits per heavy atom. The summed E-state index contributed by atoms with van der Waals surface area (Å²) in [5.41, 5.74) is 4.15. The molecular formula is C19H28N2. The summed E-state index contributed by atoms with van der Waals surface area (Å²) in [4.78, 5) is 2.50. The molecule has 0 fully saturated rings. The summed E-state index contributed by atoms with van der Waals surface area (Å²) in [7, 11) is 2.25. The lowest BCUT2D eigenvalue weighted by molar-refractivity contribution is 0.236. The summed E-state index contributed by atoms with van der Waals surface area (Å²) in [5.74, 6) is 0. The maximum atomic E-state index is 3.84. The Morgan fingerprint density at radius 3 is 2.95 bits per heavy atom. The van der Waals surface area contributed by atoms with Crippen LogP contribution in [0.3, 0.4) is 0 Å². The van der Waals surface area contributed by atoms with Crippen LogP contribution in [-0.2, 0) is 0 Å². The van der Waals surface area contributed by atoms with Crippen molar-refractivity contribution in [2.24, 2.45) is 0 Å². The van der Waals surface area contributed by atoms with E-state index in [1.807, 2.05) is 6.08 Å². The number of fused-ring (bicyclic) bond motifs is 1. The summed E-state index contributed by atoms with van der Waals surface area (Å²) in [6, 6.07) is 9.27. The van der Waals surface area contributed by atoms with E-state index in [1.54, 1.807) is 0 Å². The van der Waals surface area contributed by atoms with Gasteiger partial charge < -0.3 is 10.2 Å². The summed E-state index contributed by atoms with van der Waals surface area (Å²) >= 11 is 0. The van der Waals surface area contributed by atoms with Gasteiger partial charge in [0.15, 0.2) is 0 Å². The molecule has 2 heteroatoms. The van der Waals surface area contributed by atoms with Crippen LogP contribution in [0.5, 0.6) is 0 Å². The van der Waals surface area contributed by atoms with Gasteiger partial charge in [-0.3, -0.25) is 0 Å². The van der Waals surface area contributed by atoms with Crippen LogP contribution in [0.25, 0.3) is 5.57 Å². The number of nitrogens with one attached hydrogen (secondary N) is 1. The van der Waals surface area contributed by atoms with Gasteiger partial charge in [-0.2, -0.15) is 0 Å². The smallest absolute Gasteiger partial charge is 0.0418 e. The maximum Gasteiger partial charge on any atom is 0.0418 e. The van der Waals surface area contributed by atoms with Crippen molar-refractivity contribution in [1.29, 1.82) is 0 Å². The molecule has 0 aromatic heterocycles. The predicted molar refractivity (Wildman–Crippen MR) is 93.7 cm³/mol. The second-order valence-corrected chi connectivity index (χ2v) is 5.86. The molecule has 1 aliphatic rings. The molecule has 0 radical (unpaired) electrons. The Hall–Kier alpha value is -1.54. The zero-order valence-electron chi connectivity index (χ0n) is 13.4. The molecule has 1 aromatic carbocycles. The van der Waals surface area contributed by atoms with Crippen LogP contribution >= 0.6 is 0 Å². The van der Waals surface area contributed by atoms with Crippen molar-refractivity contribution in [1.82, 2.24) is 4.90 Å². The van der Waals surface area contributed by atoms with E-state index in [2.05, 4.69) is 61.1 Å². The Morgan fingerprint density at radius 1 is 1.38 bits per heavy atom. The third-order valence-electron chi connectivity index (χ3n) is 4.30. The van der Waals surface area contributed by atoms with Gasteiger partial charge in [-0.05, 0) is 37.9 Å². The first kappa shape index (κ1) is 15.8. The molecule has 1 heterocycles. The maximum absolute atomic E-state index is 3.84. The van der Waals surface area contributed by atoms with Gasteiger partial charge in [0.05, 0.1) is 0 Å².